The molecule has 1 rings (SSSR count). The third-order valence-electron chi connectivity index (χ3n) is 3.60. The van der Waals surface area contributed by atoms with Crippen LogP contribution in [-0.4, -0.2) is 40.5 Å². The first-order valence-corrected chi connectivity index (χ1v) is 7.19. The van der Waals surface area contributed by atoms with E-state index in [1.165, 1.54) is 0 Å². The predicted molar refractivity (Wildman–Crippen MR) is 73.7 cm³/mol. The van der Waals surface area contributed by atoms with Crippen LogP contribution in [-0.2, 0) is 9.59 Å². The molecule has 1 amide bonds. The molecule has 5 nitrogen and oxygen atoms in total. The number of rotatable bonds is 7. The van der Waals surface area contributed by atoms with Crippen LogP contribution in [0.15, 0.2) is 0 Å². The van der Waals surface area contributed by atoms with E-state index in [0.29, 0.717) is 18.5 Å². The number of carbonyl (C=O) groups excluding carboxylic acids is 1. The fourth-order valence-electron chi connectivity index (χ4n) is 2.64. The van der Waals surface area contributed by atoms with E-state index in [2.05, 4.69) is 13.8 Å². The molecule has 0 radical (unpaired) electrons. The molecule has 0 aromatic heterocycles. The summed E-state index contributed by atoms with van der Waals surface area (Å²) in [5.74, 6) is -0.586. The average molecular weight is 270 g/mol. The topological polar surface area (TPSA) is 83.6 Å². The first-order chi connectivity index (χ1) is 8.91. The van der Waals surface area contributed by atoms with Crippen molar-refractivity contribution in [1.82, 2.24) is 4.90 Å². The van der Waals surface area contributed by atoms with Crippen LogP contribution in [0.1, 0.15) is 52.4 Å². The molecule has 0 saturated heterocycles. The summed E-state index contributed by atoms with van der Waals surface area (Å²) in [5, 5.41) is 8.66. The molecule has 0 heterocycles. The summed E-state index contributed by atoms with van der Waals surface area (Å²) in [4.78, 5) is 24.8. The second-order valence-corrected chi connectivity index (χ2v) is 5.86. The van der Waals surface area contributed by atoms with Gasteiger partial charge in [-0.1, -0.05) is 26.7 Å². The molecule has 3 N–H and O–H groups in total. The van der Waals surface area contributed by atoms with Crippen LogP contribution in [0.5, 0.6) is 0 Å². The van der Waals surface area contributed by atoms with Crippen molar-refractivity contribution in [2.75, 3.05) is 6.54 Å². The Morgan fingerprint density at radius 3 is 2.37 bits per heavy atom. The van der Waals surface area contributed by atoms with E-state index in [4.69, 9.17) is 10.8 Å². The Morgan fingerprint density at radius 2 is 1.89 bits per heavy atom. The lowest BCUT2D eigenvalue weighted by Gasteiger charge is -2.32. The predicted octanol–water partition coefficient (Wildman–Crippen LogP) is 1.61. The summed E-state index contributed by atoms with van der Waals surface area (Å²) in [7, 11) is 0. The number of amides is 1. The van der Waals surface area contributed by atoms with Gasteiger partial charge < -0.3 is 15.7 Å². The Morgan fingerprint density at radius 1 is 1.32 bits per heavy atom. The SMILES string of the molecule is CC(C)CN(C(=O)C(N)CCC(=O)O)C1CCCC1. The molecule has 0 aromatic rings. The Kier molecular flexibility index (Phi) is 6.28. The van der Waals surface area contributed by atoms with E-state index in [9.17, 15) is 9.59 Å². The molecule has 0 aliphatic heterocycles. The minimum atomic E-state index is -0.903. The molecule has 1 saturated carbocycles. The van der Waals surface area contributed by atoms with Gasteiger partial charge in [-0.3, -0.25) is 9.59 Å². The van der Waals surface area contributed by atoms with E-state index in [0.717, 1.165) is 25.7 Å². The number of carboxylic acids is 1. The zero-order valence-electron chi connectivity index (χ0n) is 12.0. The Balaban J connectivity index is 2.61. The zero-order chi connectivity index (χ0) is 14.4. The van der Waals surface area contributed by atoms with E-state index < -0.39 is 12.0 Å². The van der Waals surface area contributed by atoms with Gasteiger partial charge >= 0.3 is 5.97 Å². The molecule has 0 aromatic carbocycles. The standard InChI is InChI=1S/C14H26N2O3/c1-10(2)9-16(11-5-3-4-6-11)14(19)12(15)7-8-13(17)18/h10-12H,3-9,15H2,1-2H3,(H,17,18). The van der Waals surface area contributed by atoms with Crippen molar-refractivity contribution in [3.63, 3.8) is 0 Å². The summed E-state index contributed by atoms with van der Waals surface area (Å²) < 4.78 is 0. The zero-order valence-corrected chi connectivity index (χ0v) is 12.0. The summed E-state index contributed by atoms with van der Waals surface area (Å²) in [6, 6.07) is -0.388. The maximum atomic E-state index is 12.4. The lowest BCUT2D eigenvalue weighted by Crippen LogP contribution is -2.49. The normalized spacial score (nSPS) is 17.7. The minimum Gasteiger partial charge on any atom is -0.481 e. The smallest absolute Gasteiger partial charge is 0.303 e. The highest BCUT2D eigenvalue weighted by Gasteiger charge is 2.30. The van der Waals surface area contributed by atoms with Gasteiger partial charge in [0.05, 0.1) is 6.04 Å². The molecule has 19 heavy (non-hydrogen) atoms. The van der Waals surface area contributed by atoms with Gasteiger partial charge in [0.25, 0.3) is 0 Å². The first kappa shape index (κ1) is 16.0. The molecular weight excluding hydrogens is 244 g/mol. The lowest BCUT2D eigenvalue weighted by atomic mass is 10.1. The Hall–Kier alpha value is -1.10. The van der Waals surface area contributed by atoms with Crippen molar-refractivity contribution in [2.45, 2.75) is 64.5 Å². The van der Waals surface area contributed by atoms with E-state index >= 15 is 0 Å². The average Bonchev–Trinajstić information content (AvgIpc) is 2.85. The van der Waals surface area contributed by atoms with Crippen molar-refractivity contribution < 1.29 is 14.7 Å². The molecule has 0 spiro atoms. The molecule has 110 valence electrons. The number of nitrogens with zero attached hydrogens (tertiary/aromatic N) is 1. The van der Waals surface area contributed by atoms with Crippen LogP contribution >= 0.6 is 0 Å². The van der Waals surface area contributed by atoms with Gasteiger partial charge in [0.1, 0.15) is 0 Å². The second-order valence-electron chi connectivity index (χ2n) is 5.86. The number of hydrogen-bond acceptors (Lipinski definition) is 3. The lowest BCUT2D eigenvalue weighted by molar-refractivity contribution is -0.138. The second kappa shape index (κ2) is 7.48. The van der Waals surface area contributed by atoms with Crippen LogP contribution in [0, 0.1) is 5.92 Å². The Labute approximate surface area is 115 Å². The van der Waals surface area contributed by atoms with Crippen LogP contribution in [0.25, 0.3) is 0 Å². The van der Waals surface area contributed by atoms with Crippen LogP contribution in [0.2, 0.25) is 0 Å². The minimum absolute atomic E-state index is 0.0485. The van der Waals surface area contributed by atoms with Crippen molar-refractivity contribution in [3.8, 4) is 0 Å². The van der Waals surface area contributed by atoms with Gasteiger partial charge in [-0.05, 0) is 25.2 Å². The van der Waals surface area contributed by atoms with Gasteiger partial charge in [0.15, 0.2) is 0 Å². The van der Waals surface area contributed by atoms with Crippen LogP contribution < -0.4 is 5.73 Å². The molecular formula is C14H26N2O3. The third kappa shape index (κ3) is 5.19. The molecule has 1 fully saturated rings. The summed E-state index contributed by atoms with van der Waals surface area (Å²) in [5.41, 5.74) is 5.86. The highest BCUT2D eigenvalue weighted by Crippen LogP contribution is 2.25. The maximum Gasteiger partial charge on any atom is 0.303 e. The summed E-state index contributed by atoms with van der Waals surface area (Å²) >= 11 is 0. The number of nitrogens with two attached hydrogens (primary N) is 1. The molecule has 1 aliphatic carbocycles. The number of aliphatic carboxylic acids is 1. The molecule has 1 unspecified atom stereocenters. The molecule has 1 aliphatic rings. The fourth-order valence-corrected chi connectivity index (χ4v) is 2.64. The van der Waals surface area contributed by atoms with Crippen molar-refractivity contribution in [2.24, 2.45) is 11.7 Å². The van der Waals surface area contributed by atoms with Crippen molar-refractivity contribution in [3.05, 3.63) is 0 Å². The van der Waals surface area contributed by atoms with Crippen LogP contribution in [0.3, 0.4) is 0 Å². The van der Waals surface area contributed by atoms with Gasteiger partial charge in [-0.15, -0.1) is 0 Å². The van der Waals surface area contributed by atoms with Crippen molar-refractivity contribution >= 4 is 11.9 Å². The van der Waals surface area contributed by atoms with E-state index in [-0.39, 0.29) is 18.7 Å². The highest BCUT2D eigenvalue weighted by atomic mass is 16.4. The van der Waals surface area contributed by atoms with Crippen molar-refractivity contribution in [1.29, 1.82) is 0 Å². The quantitative estimate of drug-likeness (QED) is 0.736. The number of carbonyl (C=O) groups is 2. The van der Waals surface area contributed by atoms with Gasteiger partial charge in [-0.2, -0.15) is 0 Å². The first-order valence-electron chi connectivity index (χ1n) is 7.19. The summed E-state index contributed by atoms with van der Waals surface area (Å²) in [6.07, 6.45) is 4.59. The third-order valence-corrected chi connectivity index (χ3v) is 3.60. The summed E-state index contributed by atoms with van der Waals surface area (Å²) in [6.45, 7) is 4.88. The van der Waals surface area contributed by atoms with Gasteiger partial charge in [-0.25, -0.2) is 0 Å². The number of hydrogen-bond donors (Lipinski definition) is 2. The fraction of sp³-hybridized carbons (Fsp3) is 0.857. The number of carboxylic acid groups (broad SMARTS) is 1. The van der Waals surface area contributed by atoms with E-state index in [1.54, 1.807) is 0 Å². The monoisotopic (exact) mass is 270 g/mol. The molecule has 5 heteroatoms. The van der Waals surface area contributed by atoms with Gasteiger partial charge in [0.2, 0.25) is 5.91 Å². The van der Waals surface area contributed by atoms with Crippen LogP contribution in [0.4, 0.5) is 0 Å². The maximum absolute atomic E-state index is 12.4. The molecule has 1 atom stereocenters. The molecule has 0 bridgehead atoms. The Bertz CT molecular complexity index is 312. The largest absolute Gasteiger partial charge is 0.481 e. The van der Waals surface area contributed by atoms with Gasteiger partial charge in [0, 0.05) is 19.0 Å². The van der Waals surface area contributed by atoms with E-state index in [1.807, 2.05) is 4.90 Å². The highest BCUT2D eigenvalue weighted by molar-refractivity contribution is 5.82.